The average Bonchev–Trinajstić information content (AvgIpc) is 3.13. The van der Waals surface area contributed by atoms with Gasteiger partial charge in [0.25, 0.3) is 0 Å². The summed E-state index contributed by atoms with van der Waals surface area (Å²) in [5, 5.41) is 3.38. The lowest BCUT2D eigenvalue weighted by Crippen LogP contribution is -2.31. The molecule has 1 aromatic carbocycles. The van der Waals surface area contributed by atoms with Gasteiger partial charge < -0.3 is 10.1 Å². The molecule has 1 aliphatic heterocycles. The van der Waals surface area contributed by atoms with Crippen LogP contribution in [0.4, 0.5) is 0 Å². The first-order chi connectivity index (χ1) is 9.64. The van der Waals surface area contributed by atoms with E-state index in [1.54, 1.807) is 7.11 Å². The van der Waals surface area contributed by atoms with E-state index in [0.29, 0.717) is 17.6 Å². The van der Waals surface area contributed by atoms with E-state index in [1.165, 1.54) is 5.56 Å². The molecule has 2 fully saturated rings. The number of hydrogen-bond acceptors (Lipinski definition) is 3. The van der Waals surface area contributed by atoms with Gasteiger partial charge in [0.05, 0.1) is 7.11 Å². The van der Waals surface area contributed by atoms with Crippen LogP contribution < -0.4 is 10.1 Å². The molecule has 0 amide bonds. The normalized spacial score (nSPS) is 23.6. The van der Waals surface area contributed by atoms with E-state index in [1.807, 2.05) is 12.1 Å². The molecule has 1 spiro atoms. The number of piperidine rings is 1. The predicted octanol–water partition coefficient (Wildman–Crippen LogP) is 2.50. The number of rotatable bonds is 4. The van der Waals surface area contributed by atoms with E-state index in [-0.39, 0.29) is 5.92 Å². The van der Waals surface area contributed by atoms with Crippen molar-refractivity contribution in [1.29, 1.82) is 0 Å². The van der Waals surface area contributed by atoms with Crippen molar-refractivity contribution in [3.8, 4) is 5.75 Å². The highest BCUT2D eigenvalue weighted by atomic mass is 16.5. The Balaban J connectivity index is 1.69. The molecule has 1 saturated heterocycles. The van der Waals surface area contributed by atoms with E-state index in [0.717, 1.165) is 43.7 Å². The third-order valence-electron chi connectivity index (χ3n) is 4.98. The number of benzene rings is 1. The predicted molar refractivity (Wildman–Crippen MR) is 79.1 cm³/mol. The Morgan fingerprint density at radius 1 is 1.40 bits per heavy atom. The first kappa shape index (κ1) is 13.6. The van der Waals surface area contributed by atoms with Crippen LogP contribution in [-0.4, -0.2) is 26.0 Å². The molecule has 1 heterocycles. The molecule has 1 aromatic rings. The van der Waals surface area contributed by atoms with Crippen LogP contribution in [-0.2, 0) is 11.2 Å². The highest BCUT2D eigenvalue weighted by Crippen LogP contribution is 2.59. The monoisotopic (exact) mass is 273 g/mol. The Morgan fingerprint density at radius 2 is 2.15 bits per heavy atom. The summed E-state index contributed by atoms with van der Waals surface area (Å²) in [5.41, 5.74) is 2.55. The Hall–Kier alpha value is -1.35. The van der Waals surface area contributed by atoms with Crippen LogP contribution in [0.2, 0.25) is 0 Å². The van der Waals surface area contributed by atoms with Crippen molar-refractivity contribution in [3.05, 3.63) is 29.3 Å². The maximum Gasteiger partial charge on any atom is 0.141 e. The number of nitrogens with one attached hydrogen (secondary N) is 1. The fraction of sp³-hybridized carbons (Fsp3) is 0.588. The molecular formula is C17H23NO2. The number of ketones is 1. The second-order valence-electron chi connectivity index (χ2n) is 6.33. The second kappa shape index (κ2) is 5.21. The van der Waals surface area contributed by atoms with Crippen molar-refractivity contribution >= 4 is 5.78 Å². The molecule has 20 heavy (non-hydrogen) atoms. The molecule has 1 aliphatic carbocycles. The molecule has 108 valence electrons. The quantitative estimate of drug-likeness (QED) is 0.916. The number of methoxy groups -OCH3 is 1. The number of ether oxygens (including phenoxy) is 1. The number of aryl methyl sites for hydroxylation is 1. The van der Waals surface area contributed by atoms with Crippen LogP contribution in [0, 0.1) is 18.3 Å². The molecule has 1 atom stereocenters. The maximum atomic E-state index is 12.6. The fourth-order valence-corrected chi connectivity index (χ4v) is 3.64. The SMILES string of the molecule is COc1ccc(C)cc1CC(=O)C1CC12CCNCC2. The first-order valence-electron chi connectivity index (χ1n) is 7.52. The zero-order valence-corrected chi connectivity index (χ0v) is 12.4. The summed E-state index contributed by atoms with van der Waals surface area (Å²) in [6.45, 7) is 4.19. The van der Waals surface area contributed by atoms with E-state index in [2.05, 4.69) is 18.3 Å². The van der Waals surface area contributed by atoms with Crippen LogP contribution in [0.3, 0.4) is 0 Å². The summed E-state index contributed by atoms with van der Waals surface area (Å²) in [6, 6.07) is 6.07. The van der Waals surface area contributed by atoms with Crippen molar-refractivity contribution < 1.29 is 9.53 Å². The molecule has 2 aliphatic rings. The number of carbonyl (C=O) groups excluding carboxylic acids is 1. The van der Waals surface area contributed by atoms with Crippen molar-refractivity contribution in [3.63, 3.8) is 0 Å². The molecule has 0 bridgehead atoms. The van der Waals surface area contributed by atoms with Gasteiger partial charge in [-0.1, -0.05) is 17.7 Å². The summed E-state index contributed by atoms with van der Waals surface area (Å²) >= 11 is 0. The topological polar surface area (TPSA) is 38.3 Å². The Labute approximate surface area is 120 Å². The highest BCUT2D eigenvalue weighted by molar-refractivity contribution is 5.87. The number of carbonyl (C=O) groups is 1. The average molecular weight is 273 g/mol. The standard InChI is InChI=1S/C17H23NO2/c1-12-3-4-16(20-2)13(9-12)10-15(19)14-11-17(14)5-7-18-8-6-17/h3-4,9,14,18H,5-8,10-11H2,1-2H3. The Kier molecular flexibility index (Phi) is 3.55. The zero-order chi connectivity index (χ0) is 14.2. The molecule has 3 heteroatoms. The van der Waals surface area contributed by atoms with Gasteiger partial charge in [-0.2, -0.15) is 0 Å². The Morgan fingerprint density at radius 3 is 2.85 bits per heavy atom. The minimum atomic E-state index is 0.287. The smallest absolute Gasteiger partial charge is 0.141 e. The third kappa shape index (κ3) is 2.47. The lowest BCUT2D eigenvalue weighted by molar-refractivity contribution is -0.120. The fourth-order valence-electron chi connectivity index (χ4n) is 3.64. The van der Waals surface area contributed by atoms with Gasteiger partial charge >= 0.3 is 0 Å². The molecule has 0 radical (unpaired) electrons. The summed E-state index contributed by atoms with van der Waals surface area (Å²) in [5.74, 6) is 1.52. The molecule has 3 nitrogen and oxygen atoms in total. The molecule has 1 saturated carbocycles. The van der Waals surface area contributed by atoms with Crippen LogP contribution in [0.15, 0.2) is 18.2 Å². The van der Waals surface area contributed by atoms with Crippen LogP contribution in [0.25, 0.3) is 0 Å². The summed E-state index contributed by atoms with van der Waals surface area (Å²) in [4.78, 5) is 12.6. The second-order valence-corrected chi connectivity index (χ2v) is 6.33. The first-order valence-corrected chi connectivity index (χ1v) is 7.52. The minimum Gasteiger partial charge on any atom is -0.496 e. The van der Waals surface area contributed by atoms with E-state index >= 15 is 0 Å². The van der Waals surface area contributed by atoms with Gasteiger partial charge in [0.15, 0.2) is 0 Å². The van der Waals surface area contributed by atoms with Gasteiger partial charge in [-0.25, -0.2) is 0 Å². The third-order valence-corrected chi connectivity index (χ3v) is 4.98. The van der Waals surface area contributed by atoms with Gasteiger partial charge in [-0.3, -0.25) is 4.79 Å². The molecule has 3 rings (SSSR count). The van der Waals surface area contributed by atoms with E-state index in [9.17, 15) is 4.79 Å². The van der Waals surface area contributed by atoms with E-state index in [4.69, 9.17) is 4.74 Å². The highest BCUT2D eigenvalue weighted by Gasteiger charge is 2.56. The van der Waals surface area contributed by atoms with Crippen LogP contribution >= 0.6 is 0 Å². The van der Waals surface area contributed by atoms with Crippen molar-refractivity contribution in [2.45, 2.75) is 32.6 Å². The van der Waals surface area contributed by atoms with Gasteiger partial charge in [-0.15, -0.1) is 0 Å². The molecule has 0 aromatic heterocycles. The largest absolute Gasteiger partial charge is 0.496 e. The van der Waals surface area contributed by atoms with Crippen LogP contribution in [0.1, 0.15) is 30.4 Å². The lowest BCUT2D eigenvalue weighted by Gasteiger charge is -2.23. The van der Waals surface area contributed by atoms with E-state index < -0.39 is 0 Å². The molecule has 1 unspecified atom stereocenters. The van der Waals surface area contributed by atoms with Gasteiger partial charge in [-0.05, 0) is 50.8 Å². The maximum absolute atomic E-state index is 12.6. The molecular weight excluding hydrogens is 250 g/mol. The summed E-state index contributed by atoms with van der Waals surface area (Å²) in [7, 11) is 1.67. The van der Waals surface area contributed by atoms with Crippen molar-refractivity contribution in [2.75, 3.05) is 20.2 Å². The minimum absolute atomic E-state index is 0.287. The number of hydrogen-bond donors (Lipinski definition) is 1. The Bertz CT molecular complexity index is 518. The van der Waals surface area contributed by atoms with Gasteiger partial charge in [0.1, 0.15) is 11.5 Å². The van der Waals surface area contributed by atoms with Crippen molar-refractivity contribution in [1.82, 2.24) is 5.32 Å². The van der Waals surface area contributed by atoms with Crippen LogP contribution in [0.5, 0.6) is 5.75 Å². The van der Waals surface area contributed by atoms with Gasteiger partial charge in [0, 0.05) is 17.9 Å². The lowest BCUT2D eigenvalue weighted by atomic mass is 9.89. The zero-order valence-electron chi connectivity index (χ0n) is 12.4. The summed E-state index contributed by atoms with van der Waals surface area (Å²) in [6.07, 6.45) is 3.94. The summed E-state index contributed by atoms with van der Waals surface area (Å²) < 4.78 is 5.38. The van der Waals surface area contributed by atoms with Crippen molar-refractivity contribution in [2.24, 2.45) is 11.3 Å². The molecule has 1 N–H and O–H groups in total. The number of Topliss-reactive ketones (excluding diaryl/α,β-unsaturated/α-hetero) is 1. The van der Waals surface area contributed by atoms with Gasteiger partial charge in [0.2, 0.25) is 0 Å².